The molecule has 0 radical (unpaired) electrons. The van der Waals surface area contributed by atoms with Gasteiger partial charge in [0.15, 0.2) is 0 Å². The van der Waals surface area contributed by atoms with Crippen LogP contribution in [0.5, 0.6) is 0 Å². The van der Waals surface area contributed by atoms with Crippen LogP contribution in [0.25, 0.3) is 0 Å². The molecule has 3 N–H and O–H groups in total. The monoisotopic (exact) mass is 334 g/mol. The van der Waals surface area contributed by atoms with Crippen LogP contribution >= 0.6 is 0 Å². The number of nitrogens with two attached hydrogens (primary N) is 1. The zero-order chi connectivity index (χ0) is 17.7. The number of aliphatic carboxylic acids is 1. The SMILES string of the molecule is C[C@@H](N)c1ccccc1.O=C(O)C[C@@]1(C[N+](=O)[O-])C[C@H]2CCC[C@H]21. The molecule has 0 spiro atoms. The highest BCUT2D eigenvalue weighted by atomic mass is 16.6. The van der Waals surface area contributed by atoms with E-state index in [1.54, 1.807) is 0 Å². The molecule has 132 valence electrons. The maximum absolute atomic E-state index is 10.8. The molecule has 0 aromatic heterocycles. The van der Waals surface area contributed by atoms with Crippen molar-refractivity contribution in [2.45, 2.75) is 45.1 Å². The zero-order valence-electron chi connectivity index (χ0n) is 14.1. The Bertz CT molecular complexity index is 558. The van der Waals surface area contributed by atoms with Crippen LogP contribution in [0.15, 0.2) is 30.3 Å². The van der Waals surface area contributed by atoms with Crippen LogP contribution in [0, 0.1) is 27.4 Å². The molecule has 0 unspecified atom stereocenters. The van der Waals surface area contributed by atoms with Gasteiger partial charge >= 0.3 is 5.97 Å². The minimum Gasteiger partial charge on any atom is -0.481 e. The quantitative estimate of drug-likeness (QED) is 0.635. The van der Waals surface area contributed by atoms with Gasteiger partial charge in [0.25, 0.3) is 0 Å². The van der Waals surface area contributed by atoms with Crippen molar-refractivity contribution in [1.29, 1.82) is 0 Å². The van der Waals surface area contributed by atoms with E-state index in [9.17, 15) is 14.9 Å². The second-order valence-corrected chi connectivity index (χ2v) is 7.12. The van der Waals surface area contributed by atoms with Gasteiger partial charge in [0.1, 0.15) is 0 Å². The standard InChI is InChI=1S/C10H15NO4.C8H11N/c12-9(13)5-10(6-11(14)15)4-7-2-1-3-8(7)10;1-7(9)8-5-3-2-4-6-8/h7-8H,1-6H2,(H,12,13);2-7H,9H2,1H3/t7-,8-,10-;7-/m11/s1. The van der Waals surface area contributed by atoms with Gasteiger partial charge in [-0.3, -0.25) is 14.9 Å². The van der Waals surface area contributed by atoms with Crippen LogP contribution in [0.2, 0.25) is 0 Å². The van der Waals surface area contributed by atoms with Crippen LogP contribution in [0.1, 0.15) is 50.6 Å². The lowest BCUT2D eigenvalue weighted by Crippen LogP contribution is -2.50. The summed E-state index contributed by atoms with van der Waals surface area (Å²) >= 11 is 0. The first-order valence-electron chi connectivity index (χ1n) is 8.48. The first kappa shape index (κ1) is 18.4. The van der Waals surface area contributed by atoms with E-state index in [-0.39, 0.29) is 23.9 Å². The number of hydrogen-bond acceptors (Lipinski definition) is 4. The largest absolute Gasteiger partial charge is 0.481 e. The molecular weight excluding hydrogens is 308 g/mol. The highest BCUT2D eigenvalue weighted by molar-refractivity contribution is 5.68. The Morgan fingerprint density at radius 3 is 2.54 bits per heavy atom. The van der Waals surface area contributed by atoms with E-state index in [2.05, 4.69) is 0 Å². The molecular formula is C18H26N2O4. The molecule has 1 aromatic rings. The summed E-state index contributed by atoms with van der Waals surface area (Å²) in [6.45, 7) is 1.82. The maximum atomic E-state index is 10.8. The number of carboxylic acid groups (broad SMARTS) is 1. The van der Waals surface area contributed by atoms with Gasteiger partial charge in [-0.05, 0) is 37.2 Å². The lowest BCUT2D eigenvalue weighted by Gasteiger charge is -2.49. The van der Waals surface area contributed by atoms with E-state index < -0.39 is 11.4 Å². The zero-order valence-corrected chi connectivity index (χ0v) is 14.1. The van der Waals surface area contributed by atoms with Gasteiger partial charge < -0.3 is 10.8 Å². The Balaban J connectivity index is 0.000000198. The van der Waals surface area contributed by atoms with Gasteiger partial charge in [-0.15, -0.1) is 0 Å². The van der Waals surface area contributed by atoms with E-state index in [4.69, 9.17) is 10.8 Å². The van der Waals surface area contributed by atoms with Gasteiger partial charge in [-0.1, -0.05) is 43.2 Å². The topological polar surface area (TPSA) is 106 Å². The first-order valence-corrected chi connectivity index (χ1v) is 8.48. The average molecular weight is 334 g/mol. The van der Waals surface area contributed by atoms with Gasteiger partial charge in [0.05, 0.1) is 6.42 Å². The Morgan fingerprint density at radius 1 is 1.42 bits per heavy atom. The third kappa shape index (κ3) is 4.32. The van der Waals surface area contributed by atoms with Crippen molar-refractivity contribution in [3.05, 3.63) is 46.0 Å². The second kappa shape index (κ2) is 7.75. The molecule has 2 fully saturated rings. The summed E-state index contributed by atoms with van der Waals surface area (Å²) in [7, 11) is 0. The molecule has 2 saturated carbocycles. The molecule has 0 aliphatic heterocycles. The van der Waals surface area contributed by atoms with Gasteiger partial charge in [-0.2, -0.15) is 0 Å². The fraction of sp³-hybridized carbons (Fsp3) is 0.611. The number of hydrogen-bond donors (Lipinski definition) is 2. The number of benzene rings is 1. The summed E-state index contributed by atoms with van der Waals surface area (Å²) in [4.78, 5) is 21.0. The van der Waals surface area contributed by atoms with Crippen molar-refractivity contribution >= 4 is 5.97 Å². The summed E-state index contributed by atoms with van der Waals surface area (Å²) in [5, 5.41) is 19.4. The molecule has 0 heterocycles. The second-order valence-electron chi connectivity index (χ2n) is 7.12. The summed E-state index contributed by atoms with van der Waals surface area (Å²) in [5.74, 6) is -0.0505. The highest BCUT2D eigenvalue weighted by Crippen LogP contribution is 2.60. The third-order valence-electron chi connectivity index (χ3n) is 5.39. The number of nitrogens with zero attached hydrogens (tertiary/aromatic N) is 1. The third-order valence-corrected chi connectivity index (χ3v) is 5.39. The number of nitro groups is 1. The Morgan fingerprint density at radius 2 is 2.08 bits per heavy atom. The van der Waals surface area contributed by atoms with E-state index in [0.29, 0.717) is 11.8 Å². The maximum Gasteiger partial charge on any atom is 0.304 e. The predicted molar refractivity (Wildman–Crippen MR) is 91.0 cm³/mol. The van der Waals surface area contributed by atoms with Crippen molar-refractivity contribution < 1.29 is 14.8 Å². The summed E-state index contributed by atoms with van der Waals surface area (Å²) < 4.78 is 0. The Hall–Kier alpha value is -1.95. The molecule has 24 heavy (non-hydrogen) atoms. The van der Waals surface area contributed by atoms with Gasteiger partial charge in [0, 0.05) is 16.4 Å². The number of carbonyl (C=O) groups is 1. The van der Waals surface area contributed by atoms with Crippen LogP contribution in [-0.2, 0) is 4.79 Å². The predicted octanol–water partition coefficient (Wildman–Crippen LogP) is 3.25. The fourth-order valence-electron chi connectivity index (χ4n) is 4.36. The van der Waals surface area contributed by atoms with Crippen molar-refractivity contribution in [1.82, 2.24) is 0 Å². The van der Waals surface area contributed by atoms with E-state index in [1.807, 2.05) is 37.3 Å². The van der Waals surface area contributed by atoms with Crippen molar-refractivity contribution in [3.63, 3.8) is 0 Å². The molecule has 1 aromatic carbocycles. The Labute approximate surface area is 142 Å². The minimum atomic E-state index is -0.901. The van der Waals surface area contributed by atoms with Crippen LogP contribution in [0.4, 0.5) is 0 Å². The van der Waals surface area contributed by atoms with Crippen LogP contribution in [0.3, 0.4) is 0 Å². The molecule has 0 bridgehead atoms. The first-order chi connectivity index (χ1) is 11.3. The molecule has 0 saturated heterocycles. The summed E-state index contributed by atoms with van der Waals surface area (Å²) in [6.07, 6.45) is 3.92. The molecule has 6 nitrogen and oxygen atoms in total. The number of fused-ring (bicyclic) bond motifs is 1. The molecule has 6 heteroatoms. The number of carboxylic acids is 1. The summed E-state index contributed by atoms with van der Waals surface area (Å²) in [6, 6.07) is 10.2. The normalized spacial score (nSPS) is 28.8. The molecule has 0 amide bonds. The summed E-state index contributed by atoms with van der Waals surface area (Å²) in [5.41, 5.74) is 6.27. The van der Waals surface area contributed by atoms with Gasteiger partial charge in [-0.25, -0.2) is 0 Å². The molecule has 4 atom stereocenters. The van der Waals surface area contributed by atoms with E-state index >= 15 is 0 Å². The molecule has 2 aliphatic carbocycles. The van der Waals surface area contributed by atoms with Crippen LogP contribution < -0.4 is 5.73 Å². The highest BCUT2D eigenvalue weighted by Gasteiger charge is 2.58. The minimum absolute atomic E-state index is 0.0326. The Kier molecular flexibility index (Phi) is 5.94. The number of rotatable bonds is 5. The van der Waals surface area contributed by atoms with E-state index in [0.717, 1.165) is 25.7 Å². The lowest BCUT2D eigenvalue weighted by molar-refractivity contribution is -0.506. The smallest absolute Gasteiger partial charge is 0.304 e. The molecule has 3 rings (SSSR count). The van der Waals surface area contributed by atoms with Crippen molar-refractivity contribution in [2.75, 3.05) is 6.54 Å². The van der Waals surface area contributed by atoms with Crippen molar-refractivity contribution in [2.24, 2.45) is 23.0 Å². The lowest BCUT2D eigenvalue weighted by atomic mass is 9.53. The average Bonchev–Trinajstić information content (AvgIpc) is 2.90. The molecule has 2 aliphatic rings. The van der Waals surface area contributed by atoms with Gasteiger partial charge in [0.2, 0.25) is 6.54 Å². The fourth-order valence-corrected chi connectivity index (χ4v) is 4.36. The van der Waals surface area contributed by atoms with Crippen LogP contribution in [-0.4, -0.2) is 22.5 Å². The van der Waals surface area contributed by atoms with E-state index in [1.165, 1.54) is 5.56 Å². The van der Waals surface area contributed by atoms with Crippen molar-refractivity contribution in [3.8, 4) is 0 Å².